The van der Waals surface area contributed by atoms with E-state index in [1.807, 2.05) is 6.92 Å². The molecular weight excluding hydrogens is 214 g/mol. The molecule has 3 heterocycles. The number of nitrogens with one attached hydrogen (secondary N) is 1. The third-order valence-electron chi connectivity index (χ3n) is 3.62. The lowest BCUT2D eigenvalue weighted by atomic mass is 10.0. The molecule has 0 aromatic carbocycles. The second kappa shape index (κ2) is 4.70. The minimum atomic E-state index is 0.593. The van der Waals surface area contributed by atoms with E-state index in [4.69, 9.17) is 4.74 Å². The summed E-state index contributed by atoms with van der Waals surface area (Å²) in [5.41, 5.74) is 3.65. The Morgan fingerprint density at radius 3 is 3.18 bits per heavy atom. The lowest BCUT2D eigenvalue weighted by molar-refractivity contribution is 0.107. The van der Waals surface area contributed by atoms with Gasteiger partial charge in [0.2, 0.25) is 0 Å². The minimum Gasteiger partial charge on any atom is -0.376 e. The molecular formula is C13H19N3O. The third-order valence-corrected chi connectivity index (χ3v) is 3.62. The van der Waals surface area contributed by atoms with Crippen molar-refractivity contribution in [3.63, 3.8) is 0 Å². The van der Waals surface area contributed by atoms with E-state index in [-0.39, 0.29) is 0 Å². The van der Waals surface area contributed by atoms with E-state index < -0.39 is 0 Å². The molecule has 0 amide bonds. The van der Waals surface area contributed by atoms with Gasteiger partial charge in [-0.3, -0.25) is 0 Å². The van der Waals surface area contributed by atoms with E-state index in [1.165, 1.54) is 29.8 Å². The molecule has 4 heteroatoms. The van der Waals surface area contributed by atoms with E-state index in [2.05, 4.69) is 15.3 Å². The van der Waals surface area contributed by atoms with Crippen LogP contribution in [0.25, 0.3) is 0 Å². The van der Waals surface area contributed by atoms with Crippen LogP contribution in [0.5, 0.6) is 0 Å². The molecule has 0 saturated carbocycles. The molecule has 1 saturated heterocycles. The lowest BCUT2D eigenvalue weighted by Crippen LogP contribution is -2.26. The van der Waals surface area contributed by atoms with Gasteiger partial charge in [-0.15, -0.1) is 0 Å². The van der Waals surface area contributed by atoms with Gasteiger partial charge < -0.3 is 10.1 Å². The van der Waals surface area contributed by atoms with E-state index in [1.54, 1.807) is 0 Å². The molecule has 17 heavy (non-hydrogen) atoms. The maximum absolute atomic E-state index is 5.54. The van der Waals surface area contributed by atoms with Crippen LogP contribution in [0.4, 0.5) is 0 Å². The van der Waals surface area contributed by atoms with Crippen LogP contribution in [0, 0.1) is 6.92 Å². The van der Waals surface area contributed by atoms with Gasteiger partial charge in [-0.1, -0.05) is 0 Å². The Morgan fingerprint density at radius 1 is 1.41 bits per heavy atom. The molecule has 0 aliphatic carbocycles. The third kappa shape index (κ3) is 2.33. The van der Waals surface area contributed by atoms with Crippen molar-refractivity contribution in [2.75, 3.05) is 13.2 Å². The van der Waals surface area contributed by atoms with Gasteiger partial charge in [0.25, 0.3) is 0 Å². The highest BCUT2D eigenvalue weighted by Gasteiger charge is 2.21. The van der Waals surface area contributed by atoms with E-state index in [0.717, 1.165) is 31.8 Å². The van der Waals surface area contributed by atoms with Crippen LogP contribution >= 0.6 is 0 Å². The second-order valence-electron chi connectivity index (χ2n) is 4.94. The summed E-state index contributed by atoms with van der Waals surface area (Å²) in [6.07, 6.45) is 4.50. The number of ether oxygens (including phenoxy) is 1. The van der Waals surface area contributed by atoms with Crippen LogP contribution in [0.15, 0.2) is 0 Å². The van der Waals surface area contributed by atoms with Crippen LogP contribution < -0.4 is 5.32 Å². The fourth-order valence-electron chi connectivity index (χ4n) is 2.77. The number of rotatable bonds is 2. The highest BCUT2D eigenvalue weighted by atomic mass is 16.5. The Kier molecular flexibility index (Phi) is 3.07. The average molecular weight is 233 g/mol. The summed E-state index contributed by atoms with van der Waals surface area (Å²) >= 11 is 0. The van der Waals surface area contributed by atoms with Crippen LogP contribution in [-0.2, 0) is 24.2 Å². The van der Waals surface area contributed by atoms with Gasteiger partial charge in [0, 0.05) is 24.4 Å². The number of nitrogens with zero attached hydrogens (tertiary/aromatic N) is 2. The Balaban J connectivity index is 1.88. The van der Waals surface area contributed by atoms with Crippen molar-refractivity contribution in [3.8, 4) is 0 Å². The van der Waals surface area contributed by atoms with E-state index >= 15 is 0 Å². The van der Waals surface area contributed by atoms with Crippen LogP contribution in [0.3, 0.4) is 0 Å². The molecule has 92 valence electrons. The summed E-state index contributed by atoms with van der Waals surface area (Å²) < 4.78 is 5.54. The average Bonchev–Trinajstić information content (AvgIpc) is 2.81. The normalized spacial score (nSPS) is 23.7. The van der Waals surface area contributed by atoms with Gasteiger partial charge in [-0.2, -0.15) is 0 Å². The molecule has 1 aromatic rings. The fraction of sp³-hybridized carbons (Fsp3) is 0.692. The van der Waals surface area contributed by atoms with Crippen molar-refractivity contribution in [1.29, 1.82) is 0 Å². The lowest BCUT2D eigenvalue weighted by Gasteiger charge is -2.20. The number of aromatic nitrogens is 2. The molecule has 1 unspecified atom stereocenters. The minimum absolute atomic E-state index is 0.593. The van der Waals surface area contributed by atoms with Crippen molar-refractivity contribution in [1.82, 2.24) is 15.3 Å². The monoisotopic (exact) mass is 233 g/mol. The molecule has 1 aromatic heterocycles. The van der Waals surface area contributed by atoms with Crippen LogP contribution in [-0.4, -0.2) is 29.2 Å². The van der Waals surface area contributed by atoms with Gasteiger partial charge >= 0.3 is 0 Å². The van der Waals surface area contributed by atoms with Gasteiger partial charge in [0.15, 0.2) is 0 Å². The maximum atomic E-state index is 5.54. The zero-order valence-corrected chi connectivity index (χ0v) is 10.3. The predicted molar refractivity (Wildman–Crippen MR) is 64.9 cm³/mol. The Hall–Kier alpha value is -1.00. The fourth-order valence-corrected chi connectivity index (χ4v) is 2.77. The van der Waals surface area contributed by atoms with Crippen molar-refractivity contribution >= 4 is 0 Å². The summed E-state index contributed by atoms with van der Waals surface area (Å²) in [4.78, 5) is 9.16. The van der Waals surface area contributed by atoms with Crippen molar-refractivity contribution in [3.05, 3.63) is 22.8 Å². The first-order chi connectivity index (χ1) is 8.33. The second-order valence-corrected chi connectivity index (χ2v) is 4.94. The first-order valence-electron chi connectivity index (χ1n) is 6.49. The summed E-state index contributed by atoms with van der Waals surface area (Å²) in [5, 5.41) is 3.53. The zero-order chi connectivity index (χ0) is 11.7. The summed E-state index contributed by atoms with van der Waals surface area (Å²) in [5.74, 6) is 0.902. The van der Waals surface area contributed by atoms with Gasteiger partial charge in [-0.05, 0) is 26.3 Å². The SMILES string of the molecule is Cc1nc2c(c(CC3CCCN3)n1)COCC2. The first-order valence-corrected chi connectivity index (χ1v) is 6.49. The molecule has 3 rings (SSSR count). The standard InChI is InChI=1S/C13H19N3O/c1-9-15-12-4-6-17-8-11(12)13(16-9)7-10-3-2-5-14-10/h10,14H,2-8H2,1H3. The Morgan fingerprint density at radius 2 is 2.35 bits per heavy atom. The largest absolute Gasteiger partial charge is 0.376 e. The summed E-state index contributed by atoms with van der Waals surface area (Å²) in [7, 11) is 0. The molecule has 2 aliphatic heterocycles. The molecule has 0 spiro atoms. The predicted octanol–water partition coefficient (Wildman–Crippen LogP) is 1.15. The Bertz CT molecular complexity index is 413. The van der Waals surface area contributed by atoms with Crippen molar-refractivity contribution in [2.45, 2.75) is 45.3 Å². The molecule has 2 aliphatic rings. The highest BCUT2D eigenvalue weighted by molar-refractivity contribution is 5.28. The van der Waals surface area contributed by atoms with E-state index in [0.29, 0.717) is 12.6 Å². The maximum Gasteiger partial charge on any atom is 0.125 e. The van der Waals surface area contributed by atoms with Gasteiger partial charge in [0.05, 0.1) is 24.6 Å². The number of hydrogen-bond donors (Lipinski definition) is 1. The topological polar surface area (TPSA) is 47.0 Å². The molecule has 1 N–H and O–H groups in total. The van der Waals surface area contributed by atoms with Gasteiger partial charge in [0.1, 0.15) is 5.82 Å². The summed E-state index contributed by atoms with van der Waals surface area (Å²) in [6, 6.07) is 0.593. The van der Waals surface area contributed by atoms with Crippen molar-refractivity contribution < 1.29 is 4.74 Å². The highest BCUT2D eigenvalue weighted by Crippen LogP contribution is 2.21. The van der Waals surface area contributed by atoms with Crippen LogP contribution in [0.2, 0.25) is 0 Å². The quantitative estimate of drug-likeness (QED) is 0.832. The van der Waals surface area contributed by atoms with Crippen LogP contribution in [0.1, 0.15) is 35.6 Å². The Labute approximate surface area is 102 Å². The zero-order valence-electron chi connectivity index (χ0n) is 10.3. The first kappa shape index (κ1) is 11.1. The number of fused-ring (bicyclic) bond motifs is 1. The molecule has 4 nitrogen and oxygen atoms in total. The van der Waals surface area contributed by atoms with E-state index in [9.17, 15) is 0 Å². The number of hydrogen-bond acceptors (Lipinski definition) is 4. The van der Waals surface area contributed by atoms with Gasteiger partial charge in [-0.25, -0.2) is 9.97 Å². The smallest absolute Gasteiger partial charge is 0.125 e. The number of aryl methyl sites for hydroxylation is 1. The van der Waals surface area contributed by atoms with Crippen molar-refractivity contribution in [2.24, 2.45) is 0 Å². The molecule has 1 atom stereocenters. The molecule has 0 radical (unpaired) electrons. The molecule has 1 fully saturated rings. The molecule has 0 bridgehead atoms. The summed E-state index contributed by atoms with van der Waals surface area (Å²) in [6.45, 7) is 4.62.